The SMILES string of the molecule is CCOc1ccc(-c2cc(C(=O)Nc3nc4ccc(F)cc4s3)no2)cc1. The maximum atomic E-state index is 13.3. The minimum atomic E-state index is -0.449. The van der Waals surface area contributed by atoms with Gasteiger partial charge in [-0.1, -0.05) is 16.5 Å². The van der Waals surface area contributed by atoms with Crippen LogP contribution in [0.2, 0.25) is 0 Å². The van der Waals surface area contributed by atoms with Gasteiger partial charge in [0.05, 0.1) is 16.8 Å². The van der Waals surface area contributed by atoms with Crippen molar-refractivity contribution in [3.8, 4) is 17.1 Å². The number of fused-ring (bicyclic) bond motifs is 1. The number of ether oxygens (including phenoxy) is 1. The summed E-state index contributed by atoms with van der Waals surface area (Å²) < 4.78 is 24.6. The first kappa shape index (κ1) is 17.2. The maximum Gasteiger partial charge on any atom is 0.279 e. The fourth-order valence-electron chi connectivity index (χ4n) is 2.51. The second-order valence-electron chi connectivity index (χ2n) is 5.62. The summed E-state index contributed by atoms with van der Waals surface area (Å²) in [7, 11) is 0. The number of hydrogen-bond donors (Lipinski definition) is 1. The average molecular weight is 383 g/mol. The molecule has 0 aliphatic carbocycles. The van der Waals surface area contributed by atoms with Crippen molar-refractivity contribution in [1.82, 2.24) is 10.1 Å². The Morgan fingerprint density at radius 1 is 1.22 bits per heavy atom. The first-order valence-electron chi connectivity index (χ1n) is 8.20. The molecule has 0 spiro atoms. The van der Waals surface area contributed by atoms with Crippen LogP contribution in [0.15, 0.2) is 53.1 Å². The molecule has 4 aromatic rings. The number of halogens is 1. The van der Waals surface area contributed by atoms with Gasteiger partial charge in [0.25, 0.3) is 5.91 Å². The van der Waals surface area contributed by atoms with Gasteiger partial charge in [-0.15, -0.1) is 0 Å². The van der Waals surface area contributed by atoms with Gasteiger partial charge in [-0.05, 0) is 49.4 Å². The Morgan fingerprint density at radius 3 is 2.81 bits per heavy atom. The Kier molecular flexibility index (Phi) is 4.55. The van der Waals surface area contributed by atoms with Crippen molar-refractivity contribution in [2.45, 2.75) is 6.92 Å². The van der Waals surface area contributed by atoms with Crippen LogP contribution in [0.3, 0.4) is 0 Å². The van der Waals surface area contributed by atoms with Crippen molar-refractivity contribution in [2.24, 2.45) is 0 Å². The largest absolute Gasteiger partial charge is 0.494 e. The lowest BCUT2D eigenvalue weighted by Gasteiger charge is -2.02. The molecule has 1 N–H and O–H groups in total. The highest BCUT2D eigenvalue weighted by Gasteiger charge is 2.16. The van der Waals surface area contributed by atoms with E-state index < -0.39 is 5.91 Å². The number of anilines is 1. The van der Waals surface area contributed by atoms with E-state index in [4.69, 9.17) is 9.26 Å². The lowest BCUT2D eigenvalue weighted by atomic mass is 10.1. The average Bonchev–Trinajstić information content (AvgIpc) is 3.29. The normalized spacial score (nSPS) is 10.9. The number of carbonyl (C=O) groups is 1. The Hall–Kier alpha value is -3.26. The van der Waals surface area contributed by atoms with Crippen LogP contribution >= 0.6 is 11.3 Å². The van der Waals surface area contributed by atoms with E-state index in [1.54, 1.807) is 12.1 Å². The summed E-state index contributed by atoms with van der Waals surface area (Å²) in [4.78, 5) is 16.6. The van der Waals surface area contributed by atoms with Gasteiger partial charge in [-0.3, -0.25) is 10.1 Å². The number of hydrogen-bond acceptors (Lipinski definition) is 6. The first-order chi connectivity index (χ1) is 13.1. The third kappa shape index (κ3) is 3.65. The second kappa shape index (κ2) is 7.16. The Bertz CT molecular complexity index is 1110. The third-order valence-electron chi connectivity index (χ3n) is 3.76. The number of rotatable bonds is 5. The molecule has 0 aliphatic heterocycles. The summed E-state index contributed by atoms with van der Waals surface area (Å²) in [5.41, 5.74) is 1.52. The first-order valence-corrected chi connectivity index (χ1v) is 9.01. The second-order valence-corrected chi connectivity index (χ2v) is 6.65. The molecule has 0 saturated carbocycles. The zero-order valence-electron chi connectivity index (χ0n) is 14.2. The third-order valence-corrected chi connectivity index (χ3v) is 4.70. The quantitative estimate of drug-likeness (QED) is 0.539. The molecule has 0 saturated heterocycles. The van der Waals surface area contributed by atoms with E-state index >= 15 is 0 Å². The summed E-state index contributed by atoms with van der Waals surface area (Å²) in [5.74, 6) is 0.427. The molecule has 8 heteroatoms. The van der Waals surface area contributed by atoms with Crippen LogP contribution in [0.4, 0.5) is 9.52 Å². The van der Waals surface area contributed by atoms with E-state index in [1.807, 2.05) is 31.2 Å². The van der Waals surface area contributed by atoms with Crippen molar-refractivity contribution in [3.63, 3.8) is 0 Å². The van der Waals surface area contributed by atoms with Gasteiger partial charge in [0, 0.05) is 11.6 Å². The topological polar surface area (TPSA) is 77.2 Å². The van der Waals surface area contributed by atoms with Gasteiger partial charge in [-0.2, -0.15) is 0 Å². The molecule has 2 aromatic heterocycles. The van der Waals surface area contributed by atoms with Crippen LogP contribution in [0.25, 0.3) is 21.5 Å². The van der Waals surface area contributed by atoms with E-state index in [0.29, 0.717) is 27.7 Å². The molecule has 0 aliphatic rings. The Morgan fingerprint density at radius 2 is 2.04 bits per heavy atom. The maximum absolute atomic E-state index is 13.3. The highest BCUT2D eigenvalue weighted by Crippen LogP contribution is 2.27. The molecule has 136 valence electrons. The fourth-order valence-corrected chi connectivity index (χ4v) is 3.40. The van der Waals surface area contributed by atoms with Crippen molar-refractivity contribution >= 4 is 32.6 Å². The minimum Gasteiger partial charge on any atom is -0.494 e. The number of benzene rings is 2. The number of aromatic nitrogens is 2. The predicted molar refractivity (Wildman–Crippen MR) is 101 cm³/mol. The molecule has 4 rings (SSSR count). The van der Waals surface area contributed by atoms with Gasteiger partial charge < -0.3 is 9.26 Å². The molecular weight excluding hydrogens is 369 g/mol. The van der Waals surface area contributed by atoms with Gasteiger partial charge in [-0.25, -0.2) is 9.37 Å². The van der Waals surface area contributed by atoms with Crippen LogP contribution in [-0.4, -0.2) is 22.7 Å². The van der Waals surface area contributed by atoms with Crippen LogP contribution in [-0.2, 0) is 0 Å². The van der Waals surface area contributed by atoms with E-state index in [0.717, 1.165) is 11.3 Å². The predicted octanol–water partition coefficient (Wildman–Crippen LogP) is 4.74. The molecule has 27 heavy (non-hydrogen) atoms. The van der Waals surface area contributed by atoms with Crippen LogP contribution < -0.4 is 10.1 Å². The number of nitrogens with one attached hydrogen (secondary N) is 1. The monoisotopic (exact) mass is 383 g/mol. The zero-order chi connectivity index (χ0) is 18.8. The highest BCUT2D eigenvalue weighted by molar-refractivity contribution is 7.22. The van der Waals surface area contributed by atoms with Crippen molar-refractivity contribution in [2.75, 3.05) is 11.9 Å². The summed E-state index contributed by atoms with van der Waals surface area (Å²) in [6, 6.07) is 13.1. The number of carbonyl (C=O) groups excluding carboxylic acids is 1. The minimum absolute atomic E-state index is 0.129. The van der Waals surface area contributed by atoms with Crippen molar-refractivity contribution in [1.29, 1.82) is 0 Å². The summed E-state index contributed by atoms with van der Waals surface area (Å²) >= 11 is 1.19. The van der Waals surface area contributed by atoms with Gasteiger partial charge in [0.1, 0.15) is 11.6 Å². The summed E-state index contributed by atoms with van der Waals surface area (Å²) in [5, 5.41) is 6.84. The van der Waals surface area contributed by atoms with E-state index in [9.17, 15) is 9.18 Å². The summed E-state index contributed by atoms with van der Waals surface area (Å²) in [6.07, 6.45) is 0. The van der Waals surface area contributed by atoms with E-state index in [1.165, 1.54) is 23.5 Å². The van der Waals surface area contributed by atoms with E-state index in [-0.39, 0.29) is 11.5 Å². The van der Waals surface area contributed by atoms with E-state index in [2.05, 4.69) is 15.5 Å². The Labute approximate surface area is 157 Å². The lowest BCUT2D eigenvalue weighted by Crippen LogP contribution is -2.11. The number of amides is 1. The molecule has 0 bridgehead atoms. The standard InChI is InChI=1S/C19H14FN3O3S/c1-2-25-13-6-3-11(4-7-13)16-10-15(23-26-16)18(24)22-19-21-14-8-5-12(20)9-17(14)27-19/h3-10H,2H2,1H3,(H,21,22,24). The number of nitrogens with zero attached hydrogens (tertiary/aromatic N) is 2. The smallest absolute Gasteiger partial charge is 0.279 e. The zero-order valence-corrected chi connectivity index (χ0v) is 15.0. The molecule has 0 radical (unpaired) electrons. The highest BCUT2D eigenvalue weighted by atomic mass is 32.1. The van der Waals surface area contributed by atoms with Crippen molar-refractivity contribution < 1.29 is 18.4 Å². The molecule has 2 heterocycles. The van der Waals surface area contributed by atoms with Gasteiger partial charge in [0.15, 0.2) is 16.6 Å². The molecule has 1 amide bonds. The number of thiazole rings is 1. The lowest BCUT2D eigenvalue weighted by molar-refractivity contribution is 0.101. The molecular formula is C19H14FN3O3S. The van der Waals surface area contributed by atoms with Crippen LogP contribution in [0.5, 0.6) is 5.75 Å². The van der Waals surface area contributed by atoms with Crippen molar-refractivity contribution in [3.05, 3.63) is 60.0 Å². The Balaban J connectivity index is 1.50. The van der Waals surface area contributed by atoms with Gasteiger partial charge in [0.2, 0.25) is 0 Å². The molecule has 0 unspecified atom stereocenters. The summed E-state index contributed by atoms with van der Waals surface area (Å²) in [6.45, 7) is 2.50. The molecule has 6 nitrogen and oxygen atoms in total. The van der Waals surface area contributed by atoms with Crippen LogP contribution in [0, 0.1) is 5.82 Å². The fraction of sp³-hybridized carbons (Fsp3) is 0.105. The van der Waals surface area contributed by atoms with Crippen LogP contribution in [0.1, 0.15) is 17.4 Å². The molecule has 0 atom stereocenters. The van der Waals surface area contributed by atoms with Gasteiger partial charge >= 0.3 is 0 Å². The molecule has 0 fully saturated rings. The molecule has 2 aromatic carbocycles.